The third-order valence-electron chi connectivity index (χ3n) is 2.57. The highest BCUT2D eigenvalue weighted by Crippen LogP contribution is 2.17. The Kier molecular flexibility index (Phi) is 5.57. The number of hydrogen-bond acceptors (Lipinski definition) is 2. The van der Waals surface area contributed by atoms with Gasteiger partial charge in [-0.15, -0.1) is 0 Å². The Morgan fingerprint density at radius 1 is 1.19 bits per heavy atom. The van der Waals surface area contributed by atoms with Crippen molar-refractivity contribution in [3.8, 4) is 5.75 Å². The lowest BCUT2D eigenvalue weighted by Crippen LogP contribution is -2.32. The lowest BCUT2D eigenvalue weighted by atomic mass is 10.3. The van der Waals surface area contributed by atoms with Crippen molar-refractivity contribution in [1.82, 2.24) is 5.32 Å². The molecule has 0 radical (unpaired) electrons. The van der Waals surface area contributed by atoms with Gasteiger partial charge in [-0.05, 0) is 30.3 Å². The van der Waals surface area contributed by atoms with Crippen molar-refractivity contribution in [3.05, 3.63) is 58.8 Å². The van der Waals surface area contributed by atoms with Gasteiger partial charge in [0.15, 0.2) is 0 Å². The SMILES string of the molecule is O=C(NCCOc1cccc(Br)c1)Nc1ccccc1F. The van der Waals surface area contributed by atoms with Crippen LogP contribution in [0.3, 0.4) is 0 Å². The minimum atomic E-state index is -0.474. The number of nitrogens with one attached hydrogen (secondary N) is 2. The van der Waals surface area contributed by atoms with Crippen molar-refractivity contribution in [2.45, 2.75) is 0 Å². The molecule has 0 aromatic heterocycles. The Hall–Kier alpha value is -2.08. The van der Waals surface area contributed by atoms with Crippen LogP contribution in [-0.2, 0) is 0 Å². The standard InChI is InChI=1S/C15H14BrFN2O2/c16-11-4-3-5-12(10-11)21-9-8-18-15(20)19-14-7-2-1-6-13(14)17/h1-7,10H,8-9H2,(H2,18,19,20). The molecule has 6 heteroatoms. The summed E-state index contributed by atoms with van der Waals surface area (Å²) in [4.78, 5) is 11.6. The average molecular weight is 353 g/mol. The van der Waals surface area contributed by atoms with Crippen LogP contribution >= 0.6 is 15.9 Å². The second-order valence-corrected chi connectivity index (χ2v) is 5.08. The van der Waals surface area contributed by atoms with E-state index in [1.54, 1.807) is 12.1 Å². The van der Waals surface area contributed by atoms with Crippen LogP contribution in [0.4, 0.5) is 14.9 Å². The van der Waals surface area contributed by atoms with E-state index < -0.39 is 11.8 Å². The second kappa shape index (κ2) is 7.64. The van der Waals surface area contributed by atoms with Crippen molar-refractivity contribution < 1.29 is 13.9 Å². The van der Waals surface area contributed by atoms with E-state index in [1.165, 1.54) is 12.1 Å². The lowest BCUT2D eigenvalue weighted by Gasteiger charge is -2.09. The number of amides is 2. The van der Waals surface area contributed by atoms with Gasteiger partial charge in [-0.1, -0.05) is 34.1 Å². The van der Waals surface area contributed by atoms with E-state index in [0.717, 1.165) is 4.47 Å². The number of anilines is 1. The van der Waals surface area contributed by atoms with Crippen molar-refractivity contribution >= 4 is 27.6 Å². The molecule has 2 aromatic carbocycles. The second-order valence-electron chi connectivity index (χ2n) is 4.17. The summed E-state index contributed by atoms with van der Waals surface area (Å²) < 4.78 is 19.7. The summed E-state index contributed by atoms with van der Waals surface area (Å²) in [5.41, 5.74) is 0.142. The first-order valence-electron chi connectivity index (χ1n) is 6.33. The Morgan fingerprint density at radius 3 is 2.76 bits per heavy atom. The quantitative estimate of drug-likeness (QED) is 0.804. The maximum absolute atomic E-state index is 13.3. The molecule has 0 heterocycles. The number of carbonyl (C=O) groups is 1. The first-order chi connectivity index (χ1) is 10.1. The number of rotatable bonds is 5. The number of ether oxygens (including phenoxy) is 1. The van der Waals surface area contributed by atoms with Crippen molar-refractivity contribution in [2.24, 2.45) is 0 Å². The fraction of sp³-hybridized carbons (Fsp3) is 0.133. The van der Waals surface area contributed by atoms with Gasteiger partial charge >= 0.3 is 6.03 Å². The Balaban J connectivity index is 1.71. The zero-order chi connectivity index (χ0) is 15.1. The Labute approximate surface area is 130 Å². The number of hydrogen-bond donors (Lipinski definition) is 2. The molecule has 2 N–H and O–H groups in total. The van der Waals surface area contributed by atoms with Crippen molar-refractivity contribution in [1.29, 1.82) is 0 Å². The number of urea groups is 1. The van der Waals surface area contributed by atoms with E-state index in [0.29, 0.717) is 18.9 Å². The van der Waals surface area contributed by atoms with Gasteiger partial charge in [0.05, 0.1) is 12.2 Å². The molecule has 0 spiro atoms. The topological polar surface area (TPSA) is 50.4 Å². The third kappa shape index (κ3) is 5.07. The highest BCUT2D eigenvalue weighted by molar-refractivity contribution is 9.10. The molecule has 0 aliphatic rings. The largest absolute Gasteiger partial charge is 0.492 e. The van der Waals surface area contributed by atoms with Crippen molar-refractivity contribution in [2.75, 3.05) is 18.5 Å². The minimum absolute atomic E-state index is 0.142. The van der Waals surface area contributed by atoms with Gasteiger partial charge in [0.25, 0.3) is 0 Å². The molecule has 0 atom stereocenters. The number of halogens is 2. The van der Waals surface area contributed by atoms with Gasteiger partial charge in [-0.25, -0.2) is 9.18 Å². The van der Waals surface area contributed by atoms with E-state index in [2.05, 4.69) is 26.6 Å². The summed E-state index contributed by atoms with van der Waals surface area (Å²) >= 11 is 3.34. The van der Waals surface area contributed by atoms with Crippen LogP contribution in [0.5, 0.6) is 5.75 Å². The molecule has 4 nitrogen and oxygen atoms in total. The summed E-state index contributed by atoms with van der Waals surface area (Å²) in [6.07, 6.45) is 0. The highest BCUT2D eigenvalue weighted by atomic mass is 79.9. The zero-order valence-corrected chi connectivity index (χ0v) is 12.7. The van der Waals surface area contributed by atoms with Gasteiger partial charge in [0.2, 0.25) is 0 Å². The van der Waals surface area contributed by atoms with Crippen LogP contribution in [0.2, 0.25) is 0 Å². The number of carbonyl (C=O) groups excluding carboxylic acids is 1. The van der Waals surface area contributed by atoms with Gasteiger partial charge < -0.3 is 15.4 Å². The first kappa shape index (κ1) is 15.3. The number of benzene rings is 2. The van der Waals surface area contributed by atoms with Gasteiger partial charge in [-0.2, -0.15) is 0 Å². The predicted molar refractivity (Wildman–Crippen MR) is 83.1 cm³/mol. The predicted octanol–water partition coefficient (Wildman–Crippen LogP) is 3.79. The molecule has 0 fully saturated rings. The van der Waals surface area contributed by atoms with Gasteiger partial charge in [0.1, 0.15) is 18.2 Å². The number of para-hydroxylation sites is 1. The fourth-order valence-corrected chi connectivity index (χ4v) is 2.00. The normalized spacial score (nSPS) is 10.0. The van der Waals surface area contributed by atoms with Gasteiger partial charge in [0, 0.05) is 4.47 Å². The van der Waals surface area contributed by atoms with Crippen LogP contribution in [-0.4, -0.2) is 19.2 Å². The van der Waals surface area contributed by atoms with Crippen LogP contribution in [0.25, 0.3) is 0 Å². The fourth-order valence-electron chi connectivity index (χ4n) is 1.62. The Morgan fingerprint density at radius 2 is 2.00 bits per heavy atom. The molecule has 21 heavy (non-hydrogen) atoms. The molecule has 0 saturated heterocycles. The lowest BCUT2D eigenvalue weighted by molar-refractivity contribution is 0.247. The average Bonchev–Trinajstić information content (AvgIpc) is 2.46. The molecule has 0 unspecified atom stereocenters. The van der Waals surface area contributed by atoms with Crippen LogP contribution in [0.15, 0.2) is 53.0 Å². The summed E-state index contributed by atoms with van der Waals surface area (Å²) in [7, 11) is 0. The summed E-state index contributed by atoms with van der Waals surface area (Å²) in [6, 6.07) is 12.9. The monoisotopic (exact) mass is 352 g/mol. The molecule has 2 rings (SSSR count). The molecule has 0 saturated carbocycles. The highest BCUT2D eigenvalue weighted by Gasteiger charge is 2.05. The van der Waals surface area contributed by atoms with E-state index in [4.69, 9.17) is 4.74 Å². The van der Waals surface area contributed by atoms with Crippen LogP contribution in [0, 0.1) is 5.82 Å². The molecule has 110 valence electrons. The Bertz CT molecular complexity index is 622. The smallest absolute Gasteiger partial charge is 0.319 e. The zero-order valence-electron chi connectivity index (χ0n) is 11.1. The van der Waals surface area contributed by atoms with E-state index in [-0.39, 0.29) is 5.69 Å². The molecule has 2 aromatic rings. The van der Waals surface area contributed by atoms with Gasteiger partial charge in [-0.3, -0.25) is 0 Å². The molecule has 0 aliphatic heterocycles. The summed E-state index contributed by atoms with van der Waals surface area (Å²) in [5, 5.41) is 5.02. The summed E-state index contributed by atoms with van der Waals surface area (Å²) in [5.74, 6) is 0.235. The van der Waals surface area contributed by atoms with E-state index >= 15 is 0 Å². The minimum Gasteiger partial charge on any atom is -0.492 e. The third-order valence-corrected chi connectivity index (χ3v) is 3.07. The van der Waals surface area contributed by atoms with E-state index in [9.17, 15) is 9.18 Å². The molecular weight excluding hydrogens is 339 g/mol. The first-order valence-corrected chi connectivity index (χ1v) is 7.12. The van der Waals surface area contributed by atoms with E-state index in [1.807, 2.05) is 24.3 Å². The van der Waals surface area contributed by atoms with Crippen molar-refractivity contribution in [3.63, 3.8) is 0 Å². The molecule has 0 aliphatic carbocycles. The maximum Gasteiger partial charge on any atom is 0.319 e. The maximum atomic E-state index is 13.3. The molecule has 2 amide bonds. The van der Waals surface area contributed by atoms with Crippen LogP contribution < -0.4 is 15.4 Å². The summed E-state index contributed by atoms with van der Waals surface area (Å²) in [6.45, 7) is 0.633. The molecule has 0 bridgehead atoms. The van der Waals surface area contributed by atoms with Crippen LogP contribution in [0.1, 0.15) is 0 Å². The molecular formula is C15H14BrFN2O2.